The van der Waals surface area contributed by atoms with Gasteiger partial charge >= 0.3 is 5.69 Å². The third-order valence-electron chi connectivity index (χ3n) is 7.24. The first-order chi connectivity index (χ1) is 18.8. The fourth-order valence-corrected chi connectivity index (χ4v) is 5.42. The molecule has 0 aliphatic carbocycles. The Hall–Kier alpha value is -4.03. The average Bonchev–Trinajstić information content (AvgIpc) is 3.30. The van der Waals surface area contributed by atoms with E-state index in [1.165, 1.54) is 9.13 Å². The van der Waals surface area contributed by atoms with Gasteiger partial charge in [-0.2, -0.15) is 0 Å². The molecule has 0 aromatic carbocycles. The fraction of sp³-hybridized carbons (Fsp3) is 0.444. The summed E-state index contributed by atoms with van der Waals surface area (Å²) < 4.78 is 9.51. The number of nitrogens with one attached hydrogen (secondary N) is 1. The molecule has 1 amide bonds. The molecule has 3 N–H and O–H groups in total. The van der Waals surface area contributed by atoms with Crippen LogP contribution in [0, 0.1) is 0 Å². The molecule has 4 aromatic rings. The van der Waals surface area contributed by atoms with Gasteiger partial charge in [0.2, 0.25) is 0 Å². The highest BCUT2D eigenvalue weighted by atomic mass is 16.5. The van der Waals surface area contributed by atoms with Crippen molar-refractivity contribution in [3.05, 3.63) is 62.6 Å². The first-order valence-electron chi connectivity index (χ1n) is 13.2. The second kappa shape index (κ2) is 11.0. The first-order valence-corrected chi connectivity index (χ1v) is 13.2. The second-order valence-corrected chi connectivity index (χ2v) is 9.81. The minimum atomic E-state index is -0.526. The normalized spacial score (nSPS) is 15.8. The quantitative estimate of drug-likeness (QED) is 0.317. The highest BCUT2D eigenvalue weighted by Gasteiger charge is 2.32. The van der Waals surface area contributed by atoms with Crippen LogP contribution >= 0.6 is 0 Å². The molecule has 39 heavy (non-hydrogen) atoms. The molecule has 5 rings (SSSR count). The summed E-state index contributed by atoms with van der Waals surface area (Å²) in [6.45, 7) is 4.21. The topological polar surface area (TPSA) is 142 Å². The Labute approximate surface area is 225 Å². The lowest BCUT2D eigenvalue weighted by Gasteiger charge is -2.33. The molecule has 0 saturated carbocycles. The van der Waals surface area contributed by atoms with Gasteiger partial charge in [0.1, 0.15) is 16.9 Å². The van der Waals surface area contributed by atoms with E-state index in [1.54, 1.807) is 32.5 Å². The van der Waals surface area contributed by atoms with E-state index in [0.29, 0.717) is 66.4 Å². The van der Waals surface area contributed by atoms with E-state index in [4.69, 9.17) is 10.5 Å². The number of piperidine rings is 1. The number of methoxy groups -OCH3 is 1. The molecular weight excluding hydrogens is 500 g/mol. The van der Waals surface area contributed by atoms with Crippen LogP contribution in [0.3, 0.4) is 0 Å². The summed E-state index contributed by atoms with van der Waals surface area (Å²) >= 11 is 0. The molecule has 1 aliphatic heterocycles. The van der Waals surface area contributed by atoms with E-state index in [9.17, 15) is 14.4 Å². The van der Waals surface area contributed by atoms with Gasteiger partial charge in [0.05, 0.1) is 35.4 Å². The zero-order valence-corrected chi connectivity index (χ0v) is 22.5. The summed E-state index contributed by atoms with van der Waals surface area (Å²) in [7, 11) is 3.15. The van der Waals surface area contributed by atoms with E-state index >= 15 is 0 Å². The number of aromatic nitrogens is 5. The summed E-state index contributed by atoms with van der Waals surface area (Å²) in [5, 5.41) is 2.88. The third kappa shape index (κ3) is 4.81. The molecule has 1 fully saturated rings. The molecule has 0 unspecified atom stereocenters. The van der Waals surface area contributed by atoms with Crippen LogP contribution in [0.1, 0.15) is 35.8 Å². The van der Waals surface area contributed by atoms with Crippen LogP contribution in [0.4, 0.5) is 5.82 Å². The number of anilines is 1. The Bertz CT molecular complexity index is 1650. The number of amides is 1. The second-order valence-electron chi connectivity index (χ2n) is 9.81. The molecule has 1 atom stereocenters. The molecule has 0 spiro atoms. The van der Waals surface area contributed by atoms with Crippen molar-refractivity contribution in [1.82, 2.24) is 29.0 Å². The molecule has 12 heteroatoms. The number of carbonyl (C=O) groups excluding carboxylic acids is 1. The number of nitrogens with zero attached hydrogens (tertiary/aromatic N) is 6. The van der Waals surface area contributed by atoms with Crippen LogP contribution < -0.4 is 27.2 Å². The number of fused-ring (bicyclic) bond motifs is 2. The summed E-state index contributed by atoms with van der Waals surface area (Å²) in [6, 6.07) is 7.15. The van der Waals surface area contributed by atoms with Crippen molar-refractivity contribution in [2.24, 2.45) is 12.8 Å². The largest absolute Gasteiger partial charge is 0.383 e. The summed E-state index contributed by atoms with van der Waals surface area (Å²) in [6.07, 6.45) is 3.44. The van der Waals surface area contributed by atoms with Gasteiger partial charge in [0.15, 0.2) is 0 Å². The van der Waals surface area contributed by atoms with Crippen LogP contribution in [0.15, 0.2) is 40.1 Å². The fourth-order valence-electron chi connectivity index (χ4n) is 5.42. The van der Waals surface area contributed by atoms with Crippen molar-refractivity contribution in [3.63, 3.8) is 0 Å². The summed E-state index contributed by atoms with van der Waals surface area (Å²) in [4.78, 5) is 52.2. The number of ether oxygens (including phenoxy) is 1. The van der Waals surface area contributed by atoms with Crippen molar-refractivity contribution >= 4 is 33.8 Å². The number of nitrogens with two attached hydrogens (primary N) is 1. The number of rotatable bonds is 8. The van der Waals surface area contributed by atoms with Crippen molar-refractivity contribution in [3.8, 4) is 0 Å². The molecule has 5 heterocycles. The molecule has 12 nitrogen and oxygen atoms in total. The Kier molecular flexibility index (Phi) is 7.49. The number of hydrogen-bond acceptors (Lipinski definition) is 8. The highest BCUT2D eigenvalue weighted by molar-refractivity contribution is 6.11. The van der Waals surface area contributed by atoms with Gasteiger partial charge in [0, 0.05) is 52.6 Å². The van der Waals surface area contributed by atoms with E-state index in [0.717, 1.165) is 18.4 Å². The molecular formula is C27H34N8O4. The number of hydrogen-bond donors (Lipinski definition) is 2. The monoisotopic (exact) mass is 534 g/mol. The van der Waals surface area contributed by atoms with Gasteiger partial charge in [-0.15, -0.1) is 0 Å². The Morgan fingerprint density at radius 1 is 1.18 bits per heavy atom. The van der Waals surface area contributed by atoms with E-state index in [-0.39, 0.29) is 18.5 Å². The molecule has 0 radical (unpaired) electrons. The van der Waals surface area contributed by atoms with Crippen LogP contribution in [0.2, 0.25) is 0 Å². The lowest BCUT2D eigenvalue weighted by atomic mass is 10.1. The van der Waals surface area contributed by atoms with Crippen molar-refractivity contribution < 1.29 is 9.53 Å². The maximum atomic E-state index is 14.0. The highest BCUT2D eigenvalue weighted by Crippen LogP contribution is 2.32. The maximum Gasteiger partial charge on any atom is 0.331 e. The van der Waals surface area contributed by atoms with E-state index in [2.05, 4.69) is 20.2 Å². The molecule has 0 bridgehead atoms. The number of pyridine rings is 2. The van der Waals surface area contributed by atoms with Gasteiger partial charge in [-0.1, -0.05) is 0 Å². The standard InChI is InChI=1S/C27H34N8O4/c1-4-34-23-22(21(24(36)30-12-14-39-3)25(34)33-13-6-7-17(28)15-33)32(2)27(38)35(26(23)37)16-18-9-10-19-20(31-18)8-5-11-29-19/h5,8-11,17H,4,6-7,12-16,28H2,1-3H3,(H,30,36)/t17-/m1/s1. The van der Waals surface area contributed by atoms with Gasteiger partial charge in [-0.05, 0) is 44.0 Å². The Morgan fingerprint density at radius 2 is 2.00 bits per heavy atom. The van der Waals surface area contributed by atoms with E-state index in [1.807, 2.05) is 23.6 Å². The first kappa shape index (κ1) is 26.6. The van der Waals surface area contributed by atoms with Gasteiger partial charge in [0.25, 0.3) is 11.5 Å². The predicted molar refractivity (Wildman–Crippen MR) is 149 cm³/mol. The van der Waals surface area contributed by atoms with Crippen molar-refractivity contribution in [2.75, 3.05) is 38.3 Å². The predicted octanol–water partition coefficient (Wildman–Crippen LogP) is 0.817. The SMILES string of the molecule is CCn1c(N2CCC[C@@H](N)C2)c(C(=O)NCCOC)c2c1c(=O)n(Cc1ccc3ncccc3n1)c(=O)n2C. The summed E-state index contributed by atoms with van der Waals surface area (Å²) in [5.41, 5.74) is 8.18. The lowest BCUT2D eigenvalue weighted by Crippen LogP contribution is -2.44. The minimum absolute atomic E-state index is 0.0134. The third-order valence-corrected chi connectivity index (χ3v) is 7.24. The smallest absolute Gasteiger partial charge is 0.331 e. The van der Waals surface area contributed by atoms with Crippen LogP contribution in [0.25, 0.3) is 22.1 Å². The molecule has 206 valence electrons. The van der Waals surface area contributed by atoms with Crippen molar-refractivity contribution in [1.29, 1.82) is 0 Å². The molecule has 1 aliphatic rings. The molecule has 1 saturated heterocycles. The van der Waals surface area contributed by atoms with Crippen molar-refractivity contribution in [2.45, 2.75) is 38.9 Å². The van der Waals surface area contributed by atoms with Crippen LogP contribution in [0.5, 0.6) is 0 Å². The zero-order valence-electron chi connectivity index (χ0n) is 22.5. The Balaban J connectivity index is 1.72. The molecule has 4 aromatic heterocycles. The number of aryl methyl sites for hydroxylation is 2. The number of carbonyl (C=O) groups is 1. The average molecular weight is 535 g/mol. The zero-order chi connectivity index (χ0) is 27.7. The summed E-state index contributed by atoms with van der Waals surface area (Å²) in [5.74, 6) is 0.242. The Morgan fingerprint density at radius 3 is 2.74 bits per heavy atom. The van der Waals surface area contributed by atoms with Gasteiger partial charge in [-0.25, -0.2) is 9.78 Å². The van der Waals surface area contributed by atoms with Gasteiger partial charge < -0.3 is 25.3 Å². The minimum Gasteiger partial charge on any atom is -0.383 e. The van der Waals surface area contributed by atoms with Crippen LogP contribution in [-0.4, -0.2) is 69.0 Å². The van der Waals surface area contributed by atoms with Crippen LogP contribution in [-0.2, 0) is 24.9 Å². The van der Waals surface area contributed by atoms with E-state index < -0.39 is 11.2 Å². The maximum absolute atomic E-state index is 14.0. The van der Waals surface area contributed by atoms with Gasteiger partial charge in [-0.3, -0.25) is 23.7 Å². The lowest BCUT2D eigenvalue weighted by molar-refractivity contribution is 0.0938.